The van der Waals surface area contributed by atoms with Crippen molar-refractivity contribution in [2.45, 2.75) is 38.1 Å². The summed E-state index contributed by atoms with van der Waals surface area (Å²) >= 11 is 5.90. The maximum atomic E-state index is 11.9. The molecule has 0 fully saturated rings. The summed E-state index contributed by atoms with van der Waals surface area (Å²) in [6, 6.07) is 4.71. The summed E-state index contributed by atoms with van der Waals surface area (Å²) in [5.41, 5.74) is 0.354. The molecule has 0 aromatic heterocycles. The summed E-state index contributed by atoms with van der Waals surface area (Å²) in [5, 5.41) is 0.455. The van der Waals surface area contributed by atoms with E-state index in [2.05, 4.69) is 4.72 Å². The van der Waals surface area contributed by atoms with Gasteiger partial charge in [0.1, 0.15) is 0 Å². The lowest BCUT2D eigenvalue weighted by molar-refractivity contribution is 0.491. The Kier molecular flexibility index (Phi) is 3.67. The quantitative estimate of drug-likeness (QED) is 0.890. The molecule has 1 aromatic rings. The van der Waals surface area contributed by atoms with Crippen molar-refractivity contribution in [1.29, 1.82) is 0 Å². The summed E-state index contributed by atoms with van der Waals surface area (Å²) in [7, 11) is -3.49. The first kappa shape index (κ1) is 13.5. The van der Waals surface area contributed by atoms with E-state index in [1.165, 1.54) is 6.07 Å². The number of aryl methyl sites for hydroxylation is 1. The lowest BCUT2D eigenvalue weighted by Gasteiger charge is -2.20. The highest BCUT2D eigenvalue weighted by Crippen LogP contribution is 2.20. The number of rotatable bonds is 2. The predicted octanol–water partition coefficient (Wildman–Crippen LogP) is 2.73. The van der Waals surface area contributed by atoms with Crippen LogP contribution >= 0.6 is 11.6 Å². The van der Waals surface area contributed by atoms with Crippen molar-refractivity contribution in [3.8, 4) is 0 Å². The van der Waals surface area contributed by atoms with Crippen molar-refractivity contribution in [3.05, 3.63) is 28.8 Å². The Hall–Kier alpha value is -0.580. The Bertz CT molecular complexity index is 489. The van der Waals surface area contributed by atoms with Gasteiger partial charge in [0.2, 0.25) is 10.0 Å². The number of halogens is 1. The van der Waals surface area contributed by atoms with E-state index in [4.69, 9.17) is 11.6 Å². The van der Waals surface area contributed by atoms with Gasteiger partial charge in [0.25, 0.3) is 0 Å². The number of hydrogen-bond donors (Lipinski definition) is 1. The van der Waals surface area contributed by atoms with Crippen molar-refractivity contribution < 1.29 is 8.42 Å². The van der Waals surface area contributed by atoms with Gasteiger partial charge in [0.15, 0.2) is 0 Å². The van der Waals surface area contributed by atoms with Crippen LogP contribution in [0.25, 0.3) is 0 Å². The molecular weight excluding hydrogens is 246 g/mol. The second kappa shape index (κ2) is 4.35. The van der Waals surface area contributed by atoms with Crippen LogP contribution in [0.5, 0.6) is 0 Å². The summed E-state index contributed by atoms with van der Waals surface area (Å²) in [4.78, 5) is 0.193. The van der Waals surface area contributed by atoms with Crippen LogP contribution in [0.3, 0.4) is 0 Å². The molecule has 0 heterocycles. The van der Waals surface area contributed by atoms with Gasteiger partial charge in [-0.2, -0.15) is 0 Å². The molecule has 0 unspecified atom stereocenters. The third-order valence-electron chi connectivity index (χ3n) is 1.89. The van der Waals surface area contributed by atoms with E-state index in [0.29, 0.717) is 5.02 Å². The van der Waals surface area contributed by atoms with E-state index in [0.717, 1.165) is 5.56 Å². The normalized spacial score (nSPS) is 12.8. The van der Waals surface area contributed by atoms with Gasteiger partial charge in [-0.15, -0.1) is 0 Å². The maximum Gasteiger partial charge on any atom is 0.241 e. The lowest BCUT2D eigenvalue weighted by atomic mass is 10.1. The number of nitrogens with one attached hydrogen (secondary N) is 1. The molecule has 1 aromatic carbocycles. The van der Waals surface area contributed by atoms with Gasteiger partial charge in [-0.1, -0.05) is 17.7 Å². The first-order chi connectivity index (χ1) is 7.12. The average Bonchev–Trinajstić information content (AvgIpc) is 2.05. The first-order valence-electron chi connectivity index (χ1n) is 4.92. The molecule has 0 aliphatic carbocycles. The molecule has 0 aliphatic rings. The monoisotopic (exact) mass is 261 g/mol. The molecule has 0 spiro atoms. The Morgan fingerprint density at radius 1 is 1.25 bits per heavy atom. The summed E-state index contributed by atoms with van der Waals surface area (Å²) in [6.07, 6.45) is 0. The van der Waals surface area contributed by atoms with Gasteiger partial charge in [0.05, 0.1) is 4.90 Å². The SMILES string of the molecule is Cc1ccc(S(=O)(=O)NC(C)(C)C)cc1Cl. The van der Waals surface area contributed by atoms with Crippen molar-refractivity contribution in [2.24, 2.45) is 0 Å². The Morgan fingerprint density at radius 3 is 2.25 bits per heavy atom. The molecule has 90 valence electrons. The fourth-order valence-electron chi connectivity index (χ4n) is 1.20. The van der Waals surface area contributed by atoms with Crippen LogP contribution in [-0.2, 0) is 10.0 Å². The highest BCUT2D eigenvalue weighted by atomic mass is 35.5. The van der Waals surface area contributed by atoms with Crippen LogP contribution in [0, 0.1) is 6.92 Å². The standard InChI is InChI=1S/C11H16ClNO2S/c1-8-5-6-9(7-10(8)12)16(14,15)13-11(2,3)4/h5-7,13H,1-4H3. The zero-order valence-electron chi connectivity index (χ0n) is 9.83. The fourth-order valence-corrected chi connectivity index (χ4v) is 2.89. The second-order valence-corrected chi connectivity index (χ2v) is 6.86. The van der Waals surface area contributed by atoms with E-state index in [1.807, 2.05) is 6.92 Å². The Morgan fingerprint density at radius 2 is 1.81 bits per heavy atom. The van der Waals surface area contributed by atoms with E-state index in [1.54, 1.807) is 32.9 Å². The summed E-state index contributed by atoms with van der Waals surface area (Å²) < 4.78 is 26.5. The largest absolute Gasteiger partial charge is 0.241 e. The molecule has 0 radical (unpaired) electrons. The minimum absolute atomic E-state index is 0.193. The molecule has 0 saturated carbocycles. The maximum absolute atomic E-state index is 11.9. The van der Waals surface area contributed by atoms with Gasteiger partial charge in [-0.25, -0.2) is 13.1 Å². The van der Waals surface area contributed by atoms with E-state index in [9.17, 15) is 8.42 Å². The van der Waals surface area contributed by atoms with E-state index in [-0.39, 0.29) is 4.90 Å². The first-order valence-corrected chi connectivity index (χ1v) is 6.78. The lowest BCUT2D eigenvalue weighted by Crippen LogP contribution is -2.40. The van der Waals surface area contributed by atoms with E-state index >= 15 is 0 Å². The number of hydrogen-bond acceptors (Lipinski definition) is 2. The van der Waals surface area contributed by atoms with Gasteiger partial charge in [-0.3, -0.25) is 0 Å². The third kappa shape index (κ3) is 3.47. The van der Waals surface area contributed by atoms with Crippen LogP contribution in [0.2, 0.25) is 5.02 Å². The van der Waals surface area contributed by atoms with Crippen LogP contribution < -0.4 is 4.72 Å². The molecule has 16 heavy (non-hydrogen) atoms. The average molecular weight is 262 g/mol. The highest BCUT2D eigenvalue weighted by molar-refractivity contribution is 7.89. The molecule has 0 aliphatic heterocycles. The fraction of sp³-hybridized carbons (Fsp3) is 0.455. The zero-order valence-corrected chi connectivity index (χ0v) is 11.4. The van der Waals surface area contributed by atoms with Crippen LogP contribution in [-0.4, -0.2) is 14.0 Å². The van der Waals surface area contributed by atoms with Crippen molar-refractivity contribution in [1.82, 2.24) is 4.72 Å². The number of sulfonamides is 1. The smallest absolute Gasteiger partial charge is 0.207 e. The summed E-state index contributed by atoms with van der Waals surface area (Å²) in [5.74, 6) is 0. The van der Waals surface area contributed by atoms with Gasteiger partial charge < -0.3 is 0 Å². The molecule has 3 nitrogen and oxygen atoms in total. The molecule has 5 heteroatoms. The van der Waals surface area contributed by atoms with Crippen LogP contribution in [0.1, 0.15) is 26.3 Å². The van der Waals surface area contributed by atoms with Crippen molar-refractivity contribution >= 4 is 21.6 Å². The molecule has 0 saturated heterocycles. The van der Waals surface area contributed by atoms with Gasteiger partial charge in [-0.05, 0) is 45.4 Å². The second-order valence-electron chi connectivity index (χ2n) is 4.77. The molecule has 0 atom stereocenters. The molecule has 0 amide bonds. The topological polar surface area (TPSA) is 46.2 Å². The van der Waals surface area contributed by atoms with E-state index < -0.39 is 15.6 Å². The zero-order chi connectivity index (χ0) is 12.6. The van der Waals surface area contributed by atoms with Crippen LogP contribution in [0.4, 0.5) is 0 Å². The van der Waals surface area contributed by atoms with Gasteiger partial charge >= 0.3 is 0 Å². The van der Waals surface area contributed by atoms with Crippen molar-refractivity contribution in [3.63, 3.8) is 0 Å². The predicted molar refractivity (Wildman–Crippen MR) is 66.3 cm³/mol. The Balaban J connectivity index is 3.13. The minimum Gasteiger partial charge on any atom is -0.207 e. The highest BCUT2D eigenvalue weighted by Gasteiger charge is 2.22. The molecular formula is C11H16ClNO2S. The summed E-state index contributed by atoms with van der Waals surface area (Å²) in [6.45, 7) is 7.21. The van der Waals surface area contributed by atoms with Crippen molar-refractivity contribution in [2.75, 3.05) is 0 Å². The Labute approximate surface area is 102 Å². The number of benzene rings is 1. The minimum atomic E-state index is -3.49. The van der Waals surface area contributed by atoms with Crippen LogP contribution in [0.15, 0.2) is 23.1 Å². The molecule has 1 N–H and O–H groups in total. The molecule has 1 rings (SSSR count). The molecule has 0 bridgehead atoms. The van der Waals surface area contributed by atoms with Gasteiger partial charge in [0, 0.05) is 10.6 Å². The third-order valence-corrected chi connectivity index (χ3v) is 4.06.